The summed E-state index contributed by atoms with van der Waals surface area (Å²) < 4.78 is 4.95. The number of carbonyl (C=O) groups is 1. The second-order valence-corrected chi connectivity index (χ2v) is 5.08. The number of thioether (sulfide) groups is 1. The minimum atomic E-state index is 0.00491. The van der Waals surface area contributed by atoms with Gasteiger partial charge in [0.1, 0.15) is 0 Å². The summed E-state index contributed by atoms with van der Waals surface area (Å²) in [7, 11) is 1.67. The zero-order valence-corrected chi connectivity index (χ0v) is 11.9. The van der Waals surface area contributed by atoms with Gasteiger partial charge in [0.05, 0.1) is 5.56 Å². The second-order valence-electron chi connectivity index (χ2n) is 3.95. The van der Waals surface area contributed by atoms with E-state index in [9.17, 15) is 4.79 Å². The van der Waals surface area contributed by atoms with Crippen LogP contribution in [0.5, 0.6) is 0 Å². The number of methoxy groups -OCH3 is 1. The third kappa shape index (κ3) is 5.10. The lowest BCUT2D eigenvalue weighted by atomic mass is 10.2. The Morgan fingerprint density at radius 2 is 2.17 bits per heavy atom. The van der Waals surface area contributed by atoms with Crippen LogP contribution in [0.3, 0.4) is 0 Å². The number of nitrogens with one attached hydrogen (secondary N) is 1. The Balaban J connectivity index is 2.55. The fraction of sp³-hybridized carbons (Fsp3) is 0.500. The first-order valence-corrected chi connectivity index (χ1v) is 7.27. The molecule has 0 bridgehead atoms. The van der Waals surface area contributed by atoms with Gasteiger partial charge in [-0.2, -0.15) is 0 Å². The molecule has 0 saturated carbocycles. The van der Waals surface area contributed by atoms with Crippen LogP contribution in [-0.4, -0.2) is 31.9 Å². The van der Waals surface area contributed by atoms with Crippen molar-refractivity contribution in [1.29, 1.82) is 0 Å². The van der Waals surface area contributed by atoms with Crippen LogP contribution in [0.4, 0.5) is 0 Å². The molecule has 1 aromatic rings. The lowest BCUT2D eigenvalue weighted by molar-refractivity contribution is 0.0945. The van der Waals surface area contributed by atoms with E-state index in [-0.39, 0.29) is 5.91 Å². The lowest BCUT2D eigenvalue weighted by Crippen LogP contribution is -2.25. The normalized spacial score (nSPS) is 10.3. The molecular formula is C14H21NO2S. The van der Waals surface area contributed by atoms with Crippen molar-refractivity contribution in [2.24, 2.45) is 0 Å². The van der Waals surface area contributed by atoms with Gasteiger partial charge in [-0.05, 0) is 30.7 Å². The van der Waals surface area contributed by atoms with E-state index >= 15 is 0 Å². The molecule has 1 N–H and O–H groups in total. The summed E-state index contributed by atoms with van der Waals surface area (Å²) in [5.74, 6) is 1.04. The van der Waals surface area contributed by atoms with Crippen molar-refractivity contribution in [3.63, 3.8) is 0 Å². The summed E-state index contributed by atoms with van der Waals surface area (Å²) in [6.07, 6.45) is 1.95. The van der Waals surface area contributed by atoms with Crippen LogP contribution < -0.4 is 5.32 Å². The van der Waals surface area contributed by atoms with E-state index < -0.39 is 0 Å². The largest absolute Gasteiger partial charge is 0.385 e. The van der Waals surface area contributed by atoms with Gasteiger partial charge in [0, 0.05) is 25.2 Å². The highest BCUT2D eigenvalue weighted by molar-refractivity contribution is 7.99. The first kappa shape index (κ1) is 15.1. The van der Waals surface area contributed by atoms with Gasteiger partial charge in [0.15, 0.2) is 0 Å². The van der Waals surface area contributed by atoms with Crippen molar-refractivity contribution >= 4 is 17.7 Å². The average Bonchev–Trinajstić information content (AvgIpc) is 2.41. The average molecular weight is 267 g/mol. The van der Waals surface area contributed by atoms with E-state index in [1.54, 1.807) is 18.9 Å². The third-order valence-electron chi connectivity index (χ3n) is 2.40. The van der Waals surface area contributed by atoms with Gasteiger partial charge in [-0.25, -0.2) is 0 Å². The molecule has 1 aromatic carbocycles. The van der Waals surface area contributed by atoms with Gasteiger partial charge < -0.3 is 10.1 Å². The SMILES string of the molecule is CCCSc1ccccc1C(=O)NCCCOC. The van der Waals surface area contributed by atoms with Crippen LogP contribution in [0.1, 0.15) is 30.1 Å². The van der Waals surface area contributed by atoms with Crippen molar-refractivity contribution in [2.45, 2.75) is 24.7 Å². The molecule has 0 aliphatic heterocycles. The van der Waals surface area contributed by atoms with E-state index in [1.165, 1.54) is 0 Å². The summed E-state index contributed by atoms with van der Waals surface area (Å²) in [6, 6.07) is 7.76. The molecule has 18 heavy (non-hydrogen) atoms. The van der Waals surface area contributed by atoms with Gasteiger partial charge in [0.2, 0.25) is 0 Å². The topological polar surface area (TPSA) is 38.3 Å². The number of hydrogen-bond acceptors (Lipinski definition) is 3. The highest BCUT2D eigenvalue weighted by atomic mass is 32.2. The van der Waals surface area contributed by atoms with E-state index in [1.807, 2.05) is 24.3 Å². The molecule has 4 heteroatoms. The van der Waals surface area contributed by atoms with E-state index in [2.05, 4.69) is 12.2 Å². The maximum atomic E-state index is 12.0. The molecule has 0 spiro atoms. The number of benzene rings is 1. The zero-order chi connectivity index (χ0) is 13.2. The number of carbonyl (C=O) groups excluding carboxylic acids is 1. The molecule has 0 aliphatic carbocycles. The minimum absolute atomic E-state index is 0.00491. The summed E-state index contributed by atoms with van der Waals surface area (Å²) in [6.45, 7) is 3.46. The van der Waals surface area contributed by atoms with E-state index in [0.717, 1.165) is 29.1 Å². The maximum absolute atomic E-state index is 12.0. The molecule has 1 amide bonds. The fourth-order valence-corrected chi connectivity index (χ4v) is 2.42. The predicted molar refractivity (Wildman–Crippen MR) is 76.3 cm³/mol. The standard InChI is InChI=1S/C14H21NO2S/c1-3-11-18-13-8-5-4-7-12(13)14(16)15-9-6-10-17-2/h4-5,7-8H,3,6,9-11H2,1-2H3,(H,15,16). The zero-order valence-electron chi connectivity index (χ0n) is 11.1. The lowest BCUT2D eigenvalue weighted by Gasteiger charge is -2.09. The highest BCUT2D eigenvalue weighted by Gasteiger charge is 2.10. The Morgan fingerprint density at radius 1 is 1.39 bits per heavy atom. The van der Waals surface area contributed by atoms with Crippen LogP contribution in [0.15, 0.2) is 29.2 Å². The molecule has 0 fully saturated rings. The Labute approximate surface area is 113 Å². The Morgan fingerprint density at radius 3 is 2.89 bits per heavy atom. The minimum Gasteiger partial charge on any atom is -0.385 e. The second kappa shape index (κ2) is 9.00. The number of rotatable bonds is 8. The Kier molecular flexibility index (Phi) is 7.53. The Bertz CT molecular complexity index is 369. The van der Waals surface area contributed by atoms with Crippen molar-refractivity contribution in [3.8, 4) is 0 Å². The molecule has 0 radical (unpaired) electrons. The molecule has 3 nitrogen and oxygen atoms in total. The smallest absolute Gasteiger partial charge is 0.252 e. The first-order valence-electron chi connectivity index (χ1n) is 6.28. The summed E-state index contributed by atoms with van der Waals surface area (Å²) in [5, 5.41) is 2.92. The van der Waals surface area contributed by atoms with Crippen LogP contribution in [0.2, 0.25) is 0 Å². The van der Waals surface area contributed by atoms with Gasteiger partial charge in [-0.3, -0.25) is 4.79 Å². The van der Waals surface area contributed by atoms with E-state index in [0.29, 0.717) is 13.2 Å². The van der Waals surface area contributed by atoms with E-state index in [4.69, 9.17) is 4.74 Å². The molecule has 0 heterocycles. The predicted octanol–water partition coefficient (Wildman–Crippen LogP) is 2.96. The van der Waals surface area contributed by atoms with Crippen molar-refractivity contribution in [3.05, 3.63) is 29.8 Å². The molecular weight excluding hydrogens is 246 g/mol. The number of ether oxygens (including phenoxy) is 1. The molecule has 100 valence electrons. The van der Waals surface area contributed by atoms with Gasteiger partial charge in [-0.1, -0.05) is 19.1 Å². The molecule has 1 rings (SSSR count). The Hall–Kier alpha value is -1.00. The van der Waals surface area contributed by atoms with Crippen LogP contribution in [0.25, 0.3) is 0 Å². The fourth-order valence-electron chi connectivity index (χ4n) is 1.51. The maximum Gasteiger partial charge on any atom is 0.252 e. The van der Waals surface area contributed by atoms with Gasteiger partial charge >= 0.3 is 0 Å². The molecule has 0 atom stereocenters. The highest BCUT2D eigenvalue weighted by Crippen LogP contribution is 2.23. The van der Waals surface area contributed by atoms with Crippen LogP contribution in [0, 0.1) is 0 Å². The summed E-state index contributed by atoms with van der Waals surface area (Å²) in [5.41, 5.74) is 0.772. The third-order valence-corrected chi connectivity index (χ3v) is 3.68. The van der Waals surface area contributed by atoms with Crippen LogP contribution >= 0.6 is 11.8 Å². The van der Waals surface area contributed by atoms with Crippen molar-refractivity contribution < 1.29 is 9.53 Å². The monoisotopic (exact) mass is 267 g/mol. The quantitative estimate of drug-likeness (QED) is 0.581. The molecule has 0 aromatic heterocycles. The van der Waals surface area contributed by atoms with Crippen molar-refractivity contribution in [2.75, 3.05) is 26.0 Å². The number of amides is 1. The van der Waals surface area contributed by atoms with Gasteiger partial charge in [0.25, 0.3) is 5.91 Å². The summed E-state index contributed by atoms with van der Waals surface area (Å²) >= 11 is 1.73. The van der Waals surface area contributed by atoms with Crippen molar-refractivity contribution in [1.82, 2.24) is 5.32 Å². The molecule has 0 aliphatic rings. The summed E-state index contributed by atoms with van der Waals surface area (Å²) in [4.78, 5) is 13.1. The van der Waals surface area contributed by atoms with Gasteiger partial charge in [-0.15, -0.1) is 11.8 Å². The molecule has 0 saturated heterocycles. The number of hydrogen-bond donors (Lipinski definition) is 1. The van der Waals surface area contributed by atoms with Crippen LogP contribution in [-0.2, 0) is 4.74 Å². The first-order chi connectivity index (χ1) is 8.79. The molecule has 0 unspecified atom stereocenters.